The SMILES string of the molecule is Cn1cnc(N2CC(N3CCN(c4ncccn4)CC3)C2)cc1=O. The maximum Gasteiger partial charge on any atom is 0.255 e. The zero-order valence-electron chi connectivity index (χ0n) is 13.7. The molecule has 0 saturated carbocycles. The molecule has 0 aromatic carbocycles. The average Bonchev–Trinajstić information content (AvgIpc) is 2.58. The predicted octanol–water partition coefficient (Wildman–Crippen LogP) is -0.419. The Labute approximate surface area is 140 Å². The van der Waals surface area contributed by atoms with E-state index in [1.807, 2.05) is 6.07 Å². The van der Waals surface area contributed by atoms with Crippen molar-refractivity contribution in [2.24, 2.45) is 7.05 Å². The molecule has 0 radical (unpaired) electrons. The number of aryl methyl sites for hydroxylation is 1. The van der Waals surface area contributed by atoms with E-state index in [1.54, 1.807) is 31.8 Å². The molecule has 0 bridgehead atoms. The Bertz CT molecular complexity index is 749. The molecule has 0 amide bonds. The maximum atomic E-state index is 11.7. The van der Waals surface area contributed by atoms with Crippen molar-refractivity contribution in [1.82, 2.24) is 24.4 Å². The van der Waals surface area contributed by atoms with Gasteiger partial charge >= 0.3 is 0 Å². The fourth-order valence-electron chi connectivity index (χ4n) is 3.24. The third-order valence-electron chi connectivity index (χ3n) is 4.82. The van der Waals surface area contributed by atoms with Crippen molar-refractivity contribution in [3.63, 3.8) is 0 Å². The van der Waals surface area contributed by atoms with Crippen molar-refractivity contribution in [3.05, 3.63) is 41.2 Å². The normalized spacial score (nSPS) is 19.4. The van der Waals surface area contributed by atoms with Crippen molar-refractivity contribution in [2.75, 3.05) is 49.1 Å². The third-order valence-corrected chi connectivity index (χ3v) is 4.82. The van der Waals surface area contributed by atoms with Crippen LogP contribution in [-0.4, -0.2) is 69.7 Å². The Morgan fingerprint density at radius 1 is 1.00 bits per heavy atom. The van der Waals surface area contributed by atoms with E-state index in [0.717, 1.165) is 51.0 Å². The first-order valence-corrected chi connectivity index (χ1v) is 8.24. The van der Waals surface area contributed by atoms with Crippen LogP contribution in [0.4, 0.5) is 11.8 Å². The molecular formula is C16H21N7O. The lowest BCUT2D eigenvalue weighted by molar-refractivity contribution is 0.156. The van der Waals surface area contributed by atoms with Gasteiger partial charge in [0.05, 0.1) is 6.33 Å². The zero-order valence-corrected chi connectivity index (χ0v) is 13.7. The highest BCUT2D eigenvalue weighted by atomic mass is 16.1. The van der Waals surface area contributed by atoms with E-state index in [1.165, 1.54) is 4.57 Å². The van der Waals surface area contributed by atoms with Crippen LogP contribution >= 0.6 is 0 Å². The van der Waals surface area contributed by atoms with Crippen molar-refractivity contribution in [3.8, 4) is 0 Å². The molecule has 2 fully saturated rings. The zero-order chi connectivity index (χ0) is 16.5. The minimum absolute atomic E-state index is 0.0140. The van der Waals surface area contributed by atoms with Gasteiger partial charge in [0.25, 0.3) is 5.56 Å². The van der Waals surface area contributed by atoms with Gasteiger partial charge in [-0.1, -0.05) is 0 Å². The standard InChI is InChI=1S/C16H21N7O/c1-20-12-19-14(9-15(20)24)23-10-13(11-23)21-5-7-22(8-6-21)16-17-3-2-4-18-16/h2-4,9,12-13H,5-8,10-11H2,1H3. The highest BCUT2D eigenvalue weighted by Gasteiger charge is 2.34. The van der Waals surface area contributed by atoms with Crippen molar-refractivity contribution in [1.29, 1.82) is 0 Å². The summed E-state index contributed by atoms with van der Waals surface area (Å²) in [6, 6.07) is 3.99. The molecule has 8 heteroatoms. The minimum Gasteiger partial charge on any atom is -0.353 e. The molecular weight excluding hydrogens is 306 g/mol. The second kappa shape index (κ2) is 6.20. The van der Waals surface area contributed by atoms with Gasteiger partial charge in [-0.25, -0.2) is 15.0 Å². The molecule has 0 N–H and O–H groups in total. The Hall–Kier alpha value is -2.48. The third kappa shape index (κ3) is 2.84. The molecule has 0 spiro atoms. The van der Waals surface area contributed by atoms with Gasteiger partial charge in [-0.15, -0.1) is 0 Å². The lowest BCUT2D eigenvalue weighted by Crippen LogP contribution is -2.63. The second-order valence-corrected chi connectivity index (χ2v) is 6.33. The summed E-state index contributed by atoms with van der Waals surface area (Å²) in [6.07, 6.45) is 5.16. The average molecular weight is 327 g/mol. The van der Waals surface area contributed by atoms with Crippen LogP contribution in [0.2, 0.25) is 0 Å². The molecule has 24 heavy (non-hydrogen) atoms. The Morgan fingerprint density at radius 2 is 1.71 bits per heavy atom. The van der Waals surface area contributed by atoms with Crippen LogP contribution in [0.1, 0.15) is 0 Å². The van der Waals surface area contributed by atoms with E-state index in [-0.39, 0.29) is 5.56 Å². The van der Waals surface area contributed by atoms with E-state index in [9.17, 15) is 4.79 Å². The molecule has 4 rings (SSSR count). The summed E-state index contributed by atoms with van der Waals surface area (Å²) in [7, 11) is 1.72. The van der Waals surface area contributed by atoms with Gasteiger partial charge < -0.3 is 14.4 Å². The first-order valence-electron chi connectivity index (χ1n) is 8.24. The Kier molecular flexibility index (Phi) is 3.89. The summed E-state index contributed by atoms with van der Waals surface area (Å²) in [5, 5.41) is 0. The van der Waals surface area contributed by atoms with E-state index in [2.05, 4.69) is 29.7 Å². The molecule has 0 unspecified atom stereocenters. The lowest BCUT2D eigenvalue weighted by atomic mass is 10.1. The fourth-order valence-corrected chi connectivity index (χ4v) is 3.24. The predicted molar refractivity (Wildman–Crippen MR) is 91.3 cm³/mol. The van der Waals surface area contributed by atoms with E-state index < -0.39 is 0 Å². The number of rotatable bonds is 3. The largest absolute Gasteiger partial charge is 0.353 e. The molecule has 2 aromatic heterocycles. The highest BCUT2D eigenvalue weighted by Crippen LogP contribution is 2.22. The molecule has 2 aromatic rings. The van der Waals surface area contributed by atoms with Crippen LogP contribution < -0.4 is 15.4 Å². The van der Waals surface area contributed by atoms with Gasteiger partial charge in [0, 0.05) is 70.8 Å². The summed E-state index contributed by atoms with van der Waals surface area (Å²) in [6.45, 7) is 5.79. The maximum absolute atomic E-state index is 11.7. The summed E-state index contributed by atoms with van der Waals surface area (Å²) >= 11 is 0. The summed E-state index contributed by atoms with van der Waals surface area (Å²) in [5.41, 5.74) is -0.0140. The van der Waals surface area contributed by atoms with Gasteiger partial charge in [0.15, 0.2) is 0 Å². The Morgan fingerprint density at radius 3 is 2.38 bits per heavy atom. The van der Waals surface area contributed by atoms with Crippen LogP contribution in [0.15, 0.2) is 35.6 Å². The number of piperazine rings is 1. The summed E-state index contributed by atoms with van der Waals surface area (Å²) in [4.78, 5) is 31.6. The smallest absolute Gasteiger partial charge is 0.255 e. The van der Waals surface area contributed by atoms with Crippen molar-refractivity contribution >= 4 is 11.8 Å². The number of hydrogen-bond donors (Lipinski definition) is 0. The highest BCUT2D eigenvalue weighted by molar-refractivity contribution is 5.41. The number of hydrogen-bond acceptors (Lipinski definition) is 7. The number of anilines is 2. The van der Waals surface area contributed by atoms with Crippen LogP contribution in [0, 0.1) is 0 Å². The van der Waals surface area contributed by atoms with Gasteiger partial charge in [-0.3, -0.25) is 9.69 Å². The quantitative estimate of drug-likeness (QED) is 0.758. The Balaban J connectivity index is 1.31. The lowest BCUT2D eigenvalue weighted by Gasteiger charge is -2.48. The summed E-state index contributed by atoms with van der Waals surface area (Å²) in [5.74, 6) is 1.60. The molecule has 0 atom stereocenters. The fraction of sp³-hybridized carbons (Fsp3) is 0.500. The first kappa shape index (κ1) is 15.1. The molecule has 4 heterocycles. The van der Waals surface area contributed by atoms with Crippen LogP contribution in [-0.2, 0) is 7.05 Å². The molecule has 0 aliphatic carbocycles. The first-order chi connectivity index (χ1) is 11.7. The number of nitrogens with zero attached hydrogens (tertiary/aromatic N) is 7. The minimum atomic E-state index is -0.0140. The monoisotopic (exact) mass is 327 g/mol. The van der Waals surface area contributed by atoms with E-state index in [0.29, 0.717) is 6.04 Å². The van der Waals surface area contributed by atoms with Gasteiger partial charge in [-0.05, 0) is 6.07 Å². The van der Waals surface area contributed by atoms with Crippen LogP contribution in [0.3, 0.4) is 0 Å². The molecule has 2 aliphatic rings. The topological polar surface area (TPSA) is 70.4 Å². The summed E-state index contributed by atoms with van der Waals surface area (Å²) < 4.78 is 1.49. The van der Waals surface area contributed by atoms with Crippen molar-refractivity contribution in [2.45, 2.75) is 6.04 Å². The molecule has 126 valence electrons. The van der Waals surface area contributed by atoms with Gasteiger partial charge in [-0.2, -0.15) is 0 Å². The molecule has 2 saturated heterocycles. The second-order valence-electron chi connectivity index (χ2n) is 6.33. The van der Waals surface area contributed by atoms with E-state index in [4.69, 9.17) is 0 Å². The van der Waals surface area contributed by atoms with E-state index >= 15 is 0 Å². The van der Waals surface area contributed by atoms with Crippen LogP contribution in [0.25, 0.3) is 0 Å². The molecule has 2 aliphatic heterocycles. The van der Waals surface area contributed by atoms with Gasteiger partial charge in [0.2, 0.25) is 5.95 Å². The van der Waals surface area contributed by atoms with Crippen LogP contribution in [0.5, 0.6) is 0 Å². The van der Waals surface area contributed by atoms with Gasteiger partial charge in [0.1, 0.15) is 5.82 Å². The van der Waals surface area contributed by atoms with Crippen molar-refractivity contribution < 1.29 is 0 Å². The molecule has 8 nitrogen and oxygen atoms in total. The number of aromatic nitrogens is 4.